The van der Waals surface area contributed by atoms with Crippen LogP contribution in [0.25, 0.3) is 0 Å². The molecule has 0 aliphatic heterocycles. The summed E-state index contributed by atoms with van der Waals surface area (Å²) < 4.78 is 60.5. The van der Waals surface area contributed by atoms with Crippen LogP contribution in [0.5, 0.6) is 11.5 Å². The Morgan fingerprint density at radius 3 is 2.15 bits per heavy atom. The van der Waals surface area contributed by atoms with Gasteiger partial charge in [0.2, 0.25) is 0 Å². The van der Waals surface area contributed by atoms with Gasteiger partial charge in [-0.2, -0.15) is 22.3 Å². The summed E-state index contributed by atoms with van der Waals surface area (Å²) in [5, 5.41) is 20.7. The van der Waals surface area contributed by atoms with Gasteiger partial charge in [0.05, 0.1) is 0 Å². The predicted octanol–water partition coefficient (Wildman–Crippen LogP) is 4.39. The average Bonchev–Trinajstić information content (AvgIpc) is 2.79. The third-order valence-electron chi connectivity index (χ3n) is 5.12. The van der Waals surface area contributed by atoms with Gasteiger partial charge < -0.3 is 19.8 Å². The van der Waals surface area contributed by atoms with Gasteiger partial charge in [-0.1, -0.05) is 19.1 Å². The minimum Gasteiger partial charge on any atom is -0.619 e. The highest BCUT2D eigenvalue weighted by molar-refractivity contribution is 5.46. The highest BCUT2D eigenvalue weighted by Crippen LogP contribution is 2.36. The largest absolute Gasteiger partial charge is 0.619 e. The van der Waals surface area contributed by atoms with E-state index in [9.17, 15) is 27.9 Å². The third kappa shape index (κ3) is 6.55. The van der Waals surface area contributed by atoms with Crippen LogP contribution < -0.4 is 14.2 Å². The number of halogens is 4. The van der Waals surface area contributed by atoms with Crippen molar-refractivity contribution in [3.63, 3.8) is 0 Å². The number of ether oxygens (including phenoxy) is 2. The zero-order chi connectivity index (χ0) is 24.0. The first-order valence-electron chi connectivity index (χ1n) is 10.0. The summed E-state index contributed by atoms with van der Waals surface area (Å²) in [7, 11) is 0. The molecule has 2 aromatic heterocycles. The minimum atomic E-state index is -3.24. The fourth-order valence-electron chi connectivity index (χ4n) is 3.35. The molecular formula is C23H22F4N2O4. The van der Waals surface area contributed by atoms with Crippen molar-refractivity contribution in [3.8, 4) is 11.5 Å². The summed E-state index contributed by atoms with van der Waals surface area (Å²) in [6.07, 6.45) is 4.62. The maximum Gasteiger partial charge on any atom is 0.387 e. The molecule has 1 aromatic carbocycles. The smallest absolute Gasteiger partial charge is 0.387 e. The average molecular weight is 466 g/mol. The van der Waals surface area contributed by atoms with Gasteiger partial charge in [-0.15, -0.1) is 0 Å². The lowest BCUT2D eigenvalue weighted by molar-refractivity contribution is -0.605. The second-order valence-corrected chi connectivity index (χ2v) is 7.39. The van der Waals surface area contributed by atoms with E-state index in [1.165, 1.54) is 24.5 Å². The highest BCUT2D eigenvalue weighted by atomic mass is 19.3. The van der Waals surface area contributed by atoms with E-state index in [1.54, 1.807) is 30.5 Å². The lowest BCUT2D eigenvalue weighted by atomic mass is 9.88. The van der Waals surface area contributed by atoms with Gasteiger partial charge in [-0.3, -0.25) is 4.98 Å². The third-order valence-corrected chi connectivity index (χ3v) is 5.12. The molecule has 3 aromatic rings. The lowest BCUT2D eigenvalue weighted by Crippen LogP contribution is -2.24. The summed E-state index contributed by atoms with van der Waals surface area (Å²) in [5.41, 5.74) is 2.63. The fraction of sp³-hybridized carbons (Fsp3) is 0.304. The minimum absolute atomic E-state index is 0.0520. The first-order chi connectivity index (χ1) is 15.8. The normalized spacial score (nSPS) is 13.2. The molecule has 2 atom stereocenters. The molecule has 0 aliphatic rings. The molecule has 2 heterocycles. The van der Waals surface area contributed by atoms with Gasteiger partial charge in [-0.05, 0) is 41.3 Å². The molecule has 0 fully saturated rings. The molecule has 6 nitrogen and oxygen atoms in total. The Bertz CT molecular complexity index is 1030. The van der Waals surface area contributed by atoms with Gasteiger partial charge in [0.1, 0.15) is 0 Å². The number of nitrogens with zero attached hydrogens (tertiary/aromatic N) is 2. The highest BCUT2D eigenvalue weighted by Gasteiger charge is 2.22. The zero-order valence-corrected chi connectivity index (χ0v) is 17.6. The number of alkyl halides is 4. The van der Waals surface area contributed by atoms with Crippen molar-refractivity contribution in [2.45, 2.75) is 38.4 Å². The van der Waals surface area contributed by atoms with Crippen LogP contribution in [0.2, 0.25) is 0 Å². The Kier molecular flexibility index (Phi) is 8.05. The first kappa shape index (κ1) is 24.2. The molecule has 0 spiro atoms. The van der Waals surface area contributed by atoms with Gasteiger partial charge in [0, 0.05) is 42.5 Å². The van der Waals surface area contributed by atoms with Gasteiger partial charge in [0.25, 0.3) is 0 Å². The number of aliphatic hydroxyl groups excluding tert-OH is 1. The standard InChI is InChI=1S/C23H22F4N2O4/c1-14(13-30)17-2-4-19(28-12-17)18(10-15-6-8-29(31)9-7-15)16-3-5-20(32-22(24)25)21(11-16)33-23(26)27/h2-9,11-12,14,18,22-23,30H,10,13H2,1H3. The summed E-state index contributed by atoms with van der Waals surface area (Å²) in [6.45, 7) is -4.66. The van der Waals surface area contributed by atoms with E-state index in [0.29, 0.717) is 22.4 Å². The van der Waals surface area contributed by atoms with Gasteiger partial charge in [0.15, 0.2) is 23.9 Å². The Morgan fingerprint density at radius 2 is 1.58 bits per heavy atom. The number of hydrogen-bond acceptors (Lipinski definition) is 5. The fourth-order valence-corrected chi connectivity index (χ4v) is 3.35. The van der Waals surface area contributed by atoms with E-state index in [-0.39, 0.29) is 12.5 Å². The molecule has 176 valence electrons. The second-order valence-electron chi connectivity index (χ2n) is 7.39. The Labute approximate surface area is 187 Å². The second kappa shape index (κ2) is 11.0. The van der Waals surface area contributed by atoms with E-state index in [0.717, 1.165) is 17.2 Å². The van der Waals surface area contributed by atoms with Crippen molar-refractivity contribution in [1.82, 2.24) is 4.98 Å². The lowest BCUT2D eigenvalue weighted by Gasteiger charge is -2.20. The van der Waals surface area contributed by atoms with Crippen LogP contribution in [0, 0.1) is 5.21 Å². The summed E-state index contributed by atoms with van der Waals surface area (Å²) in [4.78, 5) is 4.48. The molecule has 1 N–H and O–H groups in total. The van der Waals surface area contributed by atoms with E-state index >= 15 is 0 Å². The molecule has 33 heavy (non-hydrogen) atoms. The molecular weight excluding hydrogens is 444 g/mol. The number of benzene rings is 1. The molecule has 0 bridgehead atoms. The number of aliphatic hydroxyl groups is 1. The number of hydrogen-bond donors (Lipinski definition) is 1. The van der Waals surface area contributed by atoms with Crippen LogP contribution in [0.1, 0.15) is 41.1 Å². The molecule has 2 unspecified atom stereocenters. The van der Waals surface area contributed by atoms with Crippen molar-refractivity contribution in [1.29, 1.82) is 0 Å². The molecule has 0 amide bonds. The summed E-state index contributed by atoms with van der Waals surface area (Å²) >= 11 is 0. The van der Waals surface area contributed by atoms with Crippen LogP contribution in [-0.4, -0.2) is 29.9 Å². The van der Waals surface area contributed by atoms with Crippen molar-refractivity contribution in [2.24, 2.45) is 0 Å². The quantitative estimate of drug-likeness (QED) is 0.273. The van der Waals surface area contributed by atoms with E-state index in [4.69, 9.17) is 0 Å². The van der Waals surface area contributed by atoms with Crippen molar-refractivity contribution < 1.29 is 36.9 Å². The van der Waals surface area contributed by atoms with Crippen molar-refractivity contribution in [3.05, 3.63) is 88.6 Å². The Balaban J connectivity index is 2.03. The van der Waals surface area contributed by atoms with E-state index in [2.05, 4.69) is 14.5 Å². The van der Waals surface area contributed by atoms with E-state index in [1.807, 2.05) is 6.92 Å². The molecule has 10 heteroatoms. The summed E-state index contributed by atoms with van der Waals surface area (Å²) in [5.74, 6) is -1.64. The maximum absolute atomic E-state index is 12.9. The zero-order valence-electron chi connectivity index (χ0n) is 17.6. The Morgan fingerprint density at radius 1 is 0.939 bits per heavy atom. The maximum atomic E-state index is 12.9. The topological polar surface area (TPSA) is 78.5 Å². The molecule has 0 saturated heterocycles. The number of pyridine rings is 2. The number of aromatic nitrogens is 2. The van der Waals surface area contributed by atoms with Crippen LogP contribution in [0.15, 0.2) is 61.1 Å². The number of rotatable bonds is 10. The summed E-state index contributed by atoms with van der Waals surface area (Å²) in [6, 6.07) is 10.6. The van der Waals surface area contributed by atoms with Crippen LogP contribution in [0.4, 0.5) is 17.6 Å². The monoisotopic (exact) mass is 466 g/mol. The van der Waals surface area contributed by atoms with Crippen LogP contribution in [0.3, 0.4) is 0 Å². The predicted molar refractivity (Wildman–Crippen MR) is 110 cm³/mol. The SMILES string of the molecule is CC(CO)c1ccc(C(Cc2cc[n+]([O-])cc2)c2ccc(OC(F)F)c(OC(F)F)c2)nc1. The van der Waals surface area contributed by atoms with E-state index < -0.39 is 30.6 Å². The molecule has 0 aliphatic carbocycles. The molecule has 3 rings (SSSR count). The van der Waals surface area contributed by atoms with Crippen molar-refractivity contribution >= 4 is 0 Å². The first-order valence-corrected chi connectivity index (χ1v) is 10.0. The van der Waals surface area contributed by atoms with Crippen molar-refractivity contribution in [2.75, 3.05) is 6.61 Å². The molecule has 0 saturated carbocycles. The van der Waals surface area contributed by atoms with Crippen LogP contribution in [-0.2, 0) is 6.42 Å². The van der Waals surface area contributed by atoms with Crippen LogP contribution >= 0.6 is 0 Å². The molecule has 0 radical (unpaired) electrons. The Hall–Kier alpha value is -3.40. The van der Waals surface area contributed by atoms with Gasteiger partial charge in [-0.25, -0.2) is 0 Å². The van der Waals surface area contributed by atoms with Gasteiger partial charge >= 0.3 is 13.2 Å².